The van der Waals surface area contributed by atoms with Gasteiger partial charge in [-0.3, -0.25) is 9.78 Å². The molecule has 3 rings (SSSR count). The van der Waals surface area contributed by atoms with E-state index in [1.807, 2.05) is 37.3 Å². The van der Waals surface area contributed by atoms with E-state index in [4.69, 9.17) is 16.3 Å². The topological polar surface area (TPSA) is 51.2 Å². The first-order valence-corrected chi connectivity index (χ1v) is 8.50. The lowest BCUT2D eigenvalue weighted by atomic mass is 10.1. The van der Waals surface area contributed by atoms with Crippen LogP contribution in [0.3, 0.4) is 0 Å². The molecule has 1 aromatic heterocycles. The normalized spacial score (nSPS) is 10.6. The Labute approximate surface area is 151 Å². The monoisotopic (exact) mass is 354 g/mol. The standard InChI is InChI=1S/C20H19ClN2O2/c1-14-17(21)8-3-9-18(14)25-13-19(24)22-12-10-16-6-2-5-15-7-4-11-23-20(15)16/h2-9,11H,10,12-13H2,1H3,(H,22,24). The fourth-order valence-corrected chi connectivity index (χ4v) is 2.81. The Kier molecular flexibility index (Phi) is 5.51. The van der Waals surface area contributed by atoms with Gasteiger partial charge in [-0.2, -0.15) is 0 Å². The number of carbonyl (C=O) groups is 1. The van der Waals surface area contributed by atoms with E-state index < -0.39 is 0 Å². The van der Waals surface area contributed by atoms with E-state index in [0.717, 1.165) is 28.5 Å². The number of carbonyl (C=O) groups excluding carboxylic acids is 1. The summed E-state index contributed by atoms with van der Waals surface area (Å²) in [6, 6.07) is 15.4. The van der Waals surface area contributed by atoms with Crippen molar-refractivity contribution in [2.45, 2.75) is 13.3 Å². The maximum absolute atomic E-state index is 12.0. The van der Waals surface area contributed by atoms with Crippen LogP contribution < -0.4 is 10.1 Å². The predicted octanol–water partition coefficient (Wildman–Crippen LogP) is 3.93. The zero-order valence-corrected chi connectivity index (χ0v) is 14.7. The average molecular weight is 355 g/mol. The number of halogens is 1. The summed E-state index contributed by atoms with van der Waals surface area (Å²) in [4.78, 5) is 16.4. The molecule has 4 nitrogen and oxygen atoms in total. The largest absolute Gasteiger partial charge is 0.483 e. The van der Waals surface area contributed by atoms with Gasteiger partial charge in [-0.15, -0.1) is 0 Å². The van der Waals surface area contributed by atoms with Crippen molar-refractivity contribution in [2.75, 3.05) is 13.2 Å². The molecule has 0 aliphatic heterocycles. The first-order valence-electron chi connectivity index (χ1n) is 8.12. The minimum atomic E-state index is -0.160. The Morgan fingerprint density at radius 3 is 2.84 bits per heavy atom. The summed E-state index contributed by atoms with van der Waals surface area (Å²) >= 11 is 6.04. The summed E-state index contributed by atoms with van der Waals surface area (Å²) in [5.41, 5.74) is 2.92. The Balaban J connectivity index is 1.52. The van der Waals surface area contributed by atoms with Crippen molar-refractivity contribution < 1.29 is 9.53 Å². The van der Waals surface area contributed by atoms with Crippen LogP contribution in [0.2, 0.25) is 5.02 Å². The number of nitrogens with one attached hydrogen (secondary N) is 1. The number of amides is 1. The number of hydrogen-bond donors (Lipinski definition) is 1. The van der Waals surface area contributed by atoms with Gasteiger partial charge in [0, 0.05) is 28.7 Å². The quantitative estimate of drug-likeness (QED) is 0.729. The Hall–Kier alpha value is -2.59. The number of benzene rings is 2. The zero-order valence-electron chi connectivity index (χ0n) is 14.0. The summed E-state index contributed by atoms with van der Waals surface area (Å²) in [6.07, 6.45) is 2.50. The highest BCUT2D eigenvalue weighted by Gasteiger charge is 2.07. The van der Waals surface area contributed by atoms with Crippen molar-refractivity contribution in [3.05, 3.63) is 70.9 Å². The van der Waals surface area contributed by atoms with Crippen LogP contribution in [0.4, 0.5) is 0 Å². The van der Waals surface area contributed by atoms with Crippen LogP contribution in [0.15, 0.2) is 54.7 Å². The number of fused-ring (bicyclic) bond motifs is 1. The molecule has 25 heavy (non-hydrogen) atoms. The number of ether oxygens (including phenoxy) is 1. The summed E-state index contributed by atoms with van der Waals surface area (Å²) < 4.78 is 5.54. The van der Waals surface area contributed by atoms with Gasteiger partial charge in [-0.1, -0.05) is 41.9 Å². The van der Waals surface area contributed by atoms with Gasteiger partial charge in [0.25, 0.3) is 5.91 Å². The molecular weight excluding hydrogens is 336 g/mol. The fraction of sp³-hybridized carbons (Fsp3) is 0.200. The molecular formula is C20H19ClN2O2. The van der Waals surface area contributed by atoms with Crippen molar-refractivity contribution in [2.24, 2.45) is 0 Å². The maximum atomic E-state index is 12.0. The lowest BCUT2D eigenvalue weighted by Crippen LogP contribution is -2.30. The van der Waals surface area contributed by atoms with E-state index in [1.54, 1.807) is 24.4 Å². The first-order chi connectivity index (χ1) is 12.1. The van der Waals surface area contributed by atoms with Crippen LogP contribution in [0.5, 0.6) is 5.75 Å². The van der Waals surface area contributed by atoms with E-state index in [2.05, 4.69) is 10.3 Å². The molecule has 0 radical (unpaired) electrons. The van der Waals surface area contributed by atoms with Crippen molar-refractivity contribution in [1.82, 2.24) is 10.3 Å². The Bertz CT molecular complexity index is 891. The lowest BCUT2D eigenvalue weighted by Gasteiger charge is -2.11. The molecule has 0 fully saturated rings. The summed E-state index contributed by atoms with van der Waals surface area (Å²) in [5.74, 6) is 0.466. The predicted molar refractivity (Wildman–Crippen MR) is 100 cm³/mol. The van der Waals surface area contributed by atoms with Crippen molar-refractivity contribution in [1.29, 1.82) is 0 Å². The summed E-state index contributed by atoms with van der Waals surface area (Å²) in [7, 11) is 0. The van der Waals surface area contributed by atoms with Gasteiger partial charge in [0.15, 0.2) is 6.61 Å². The number of hydrogen-bond acceptors (Lipinski definition) is 3. The SMILES string of the molecule is Cc1c(Cl)cccc1OCC(=O)NCCc1cccc2cccnc12. The van der Waals surface area contributed by atoms with Crippen LogP contribution >= 0.6 is 11.6 Å². The first kappa shape index (κ1) is 17.2. The number of rotatable bonds is 6. The number of pyridine rings is 1. The molecule has 0 unspecified atom stereocenters. The highest BCUT2D eigenvalue weighted by Crippen LogP contribution is 2.24. The van der Waals surface area contributed by atoms with Gasteiger partial charge in [-0.25, -0.2) is 0 Å². The third-order valence-electron chi connectivity index (χ3n) is 4.01. The second-order valence-corrected chi connectivity index (χ2v) is 6.15. The Morgan fingerprint density at radius 1 is 1.16 bits per heavy atom. The van der Waals surface area contributed by atoms with Gasteiger partial charge < -0.3 is 10.1 Å². The van der Waals surface area contributed by atoms with Gasteiger partial charge in [0.2, 0.25) is 0 Å². The van der Waals surface area contributed by atoms with Crippen LogP contribution in [0.25, 0.3) is 10.9 Å². The smallest absolute Gasteiger partial charge is 0.257 e. The van der Waals surface area contributed by atoms with Gasteiger partial charge >= 0.3 is 0 Å². The minimum absolute atomic E-state index is 0.0328. The van der Waals surface area contributed by atoms with E-state index in [0.29, 0.717) is 17.3 Å². The van der Waals surface area contributed by atoms with Crippen LogP contribution in [0, 0.1) is 6.92 Å². The fourth-order valence-electron chi connectivity index (χ4n) is 2.64. The highest BCUT2D eigenvalue weighted by molar-refractivity contribution is 6.31. The molecule has 5 heteroatoms. The molecule has 1 amide bonds. The Morgan fingerprint density at radius 2 is 1.96 bits per heavy atom. The van der Waals surface area contributed by atoms with E-state index in [9.17, 15) is 4.79 Å². The van der Waals surface area contributed by atoms with Crippen molar-refractivity contribution in [3.8, 4) is 5.75 Å². The molecule has 0 aliphatic rings. The van der Waals surface area contributed by atoms with Crippen molar-refractivity contribution in [3.63, 3.8) is 0 Å². The summed E-state index contributed by atoms with van der Waals surface area (Å²) in [6.45, 7) is 2.37. The second-order valence-electron chi connectivity index (χ2n) is 5.74. The maximum Gasteiger partial charge on any atom is 0.257 e. The lowest BCUT2D eigenvalue weighted by molar-refractivity contribution is -0.123. The molecule has 1 N–H and O–H groups in total. The van der Waals surface area contributed by atoms with E-state index in [1.165, 1.54) is 0 Å². The molecule has 0 atom stereocenters. The molecule has 0 spiro atoms. The highest BCUT2D eigenvalue weighted by atomic mass is 35.5. The number of para-hydroxylation sites is 1. The van der Waals surface area contributed by atoms with Crippen molar-refractivity contribution >= 4 is 28.4 Å². The molecule has 0 bridgehead atoms. The van der Waals surface area contributed by atoms with Crippen LogP contribution in [-0.2, 0) is 11.2 Å². The third-order valence-corrected chi connectivity index (χ3v) is 4.42. The molecule has 1 heterocycles. The van der Waals surface area contributed by atoms with Gasteiger partial charge in [-0.05, 0) is 37.1 Å². The zero-order chi connectivity index (χ0) is 17.6. The molecule has 128 valence electrons. The van der Waals surface area contributed by atoms with E-state index >= 15 is 0 Å². The van der Waals surface area contributed by atoms with E-state index in [-0.39, 0.29) is 12.5 Å². The average Bonchev–Trinajstić information content (AvgIpc) is 2.63. The number of nitrogens with zero attached hydrogens (tertiary/aromatic N) is 1. The molecule has 2 aromatic carbocycles. The molecule has 0 aliphatic carbocycles. The number of aromatic nitrogens is 1. The molecule has 0 saturated carbocycles. The molecule has 3 aromatic rings. The summed E-state index contributed by atoms with van der Waals surface area (Å²) in [5, 5.41) is 4.60. The van der Waals surface area contributed by atoms with Crippen LogP contribution in [-0.4, -0.2) is 24.0 Å². The molecule has 0 saturated heterocycles. The minimum Gasteiger partial charge on any atom is -0.483 e. The van der Waals surface area contributed by atoms with Gasteiger partial charge in [0.1, 0.15) is 5.75 Å². The third kappa shape index (κ3) is 4.28. The van der Waals surface area contributed by atoms with Gasteiger partial charge in [0.05, 0.1) is 5.52 Å². The second kappa shape index (κ2) is 7.99. The van der Waals surface area contributed by atoms with Crippen LogP contribution in [0.1, 0.15) is 11.1 Å².